The maximum absolute atomic E-state index is 12.3. The summed E-state index contributed by atoms with van der Waals surface area (Å²) in [5.41, 5.74) is 5.56. The monoisotopic (exact) mass is 1510 g/mol. The first-order chi connectivity index (χ1) is 53.7. The number of piperazine rings is 3. The molecule has 3 aliphatic heterocycles. The Labute approximate surface area is 629 Å². The van der Waals surface area contributed by atoms with Crippen LogP contribution >= 0.6 is 11.6 Å². The predicted octanol–water partition coefficient (Wildman–Crippen LogP) is 6.41. The van der Waals surface area contributed by atoms with Crippen LogP contribution in [-0.4, -0.2) is 233 Å². The molecule has 3 saturated heterocycles. The van der Waals surface area contributed by atoms with Gasteiger partial charge in [0.1, 0.15) is 70.9 Å². The van der Waals surface area contributed by atoms with Gasteiger partial charge in [0.25, 0.3) is 0 Å². The molecule has 0 bridgehead atoms. The van der Waals surface area contributed by atoms with Crippen LogP contribution in [0.1, 0.15) is 13.8 Å². The number of para-hydroxylation sites is 3. The molecule has 3 aromatic carbocycles. The Morgan fingerprint density at radius 2 is 0.755 bits per heavy atom. The minimum absolute atomic E-state index is 0.00152. The van der Waals surface area contributed by atoms with Gasteiger partial charge >= 0.3 is 17.9 Å². The molecular formula is C73H72ClN27O9. The number of rotatable bonds is 16. The van der Waals surface area contributed by atoms with Gasteiger partial charge in [-0.2, -0.15) is 45.2 Å². The number of anilines is 5. The SMILES string of the molecule is CCOC(=O)Cn1cnc2nc(Cl)nc(-n3ncc4ccccc43)c21.CCOC(=O)Cn1cnc2nc(N3CCN(c4ccc(O)cn4)CC3)nc(-n3ncc4ccccc43)c21.O=C(O)Cn1cnc2nc(N3CCN(c4ccc(O)cn4)CC3)nc(-n3ncc4ccccc43)c21.Oc1ccc(N2CCNCC2)nc1. The molecular weight excluding hydrogens is 1430 g/mol. The third-order valence-corrected chi connectivity index (χ3v) is 18.4. The van der Waals surface area contributed by atoms with Gasteiger partial charge in [-0.3, -0.25) is 14.4 Å². The van der Waals surface area contributed by atoms with Gasteiger partial charge in [0, 0.05) is 94.7 Å². The van der Waals surface area contributed by atoms with Crippen molar-refractivity contribution in [3.05, 3.63) is 171 Å². The number of carboxylic acid groups (broad SMARTS) is 1. The minimum atomic E-state index is -0.983. The molecule has 560 valence electrons. The van der Waals surface area contributed by atoms with E-state index in [0.29, 0.717) is 115 Å². The van der Waals surface area contributed by atoms with Crippen molar-refractivity contribution < 1.29 is 44.3 Å². The lowest BCUT2D eigenvalue weighted by atomic mass is 10.2. The topological polar surface area (TPSA) is 402 Å². The van der Waals surface area contributed by atoms with E-state index >= 15 is 0 Å². The number of pyridine rings is 3. The molecule has 37 heteroatoms. The zero-order valence-electron chi connectivity index (χ0n) is 59.4. The molecule has 110 heavy (non-hydrogen) atoms. The number of aromatic hydroxyl groups is 3. The van der Waals surface area contributed by atoms with Gasteiger partial charge in [-0.25, -0.2) is 43.9 Å². The summed E-state index contributed by atoms with van der Waals surface area (Å²) in [4.78, 5) is 99.8. The number of aliphatic carboxylic acids is 1. The number of esters is 2. The van der Waals surface area contributed by atoms with Crippen LogP contribution in [0.5, 0.6) is 17.2 Å². The molecule has 3 aliphatic rings. The predicted molar refractivity (Wildman–Crippen MR) is 407 cm³/mol. The lowest BCUT2D eigenvalue weighted by molar-refractivity contribution is -0.144. The van der Waals surface area contributed by atoms with E-state index in [1.54, 1.807) is 86.2 Å². The van der Waals surface area contributed by atoms with Crippen LogP contribution in [-0.2, 0) is 43.5 Å². The molecule has 0 atom stereocenters. The number of aromatic nitrogens is 21. The molecule has 18 rings (SSSR count). The van der Waals surface area contributed by atoms with Crippen molar-refractivity contribution in [3.63, 3.8) is 0 Å². The molecule has 0 aliphatic carbocycles. The number of carbonyl (C=O) groups excluding carboxylic acids is 2. The maximum atomic E-state index is 12.3. The first-order valence-corrected chi connectivity index (χ1v) is 35.7. The molecule has 0 unspecified atom stereocenters. The molecule has 12 aromatic heterocycles. The summed E-state index contributed by atoms with van der Waals surface area (Å²) in [5.74, 6) is 3.88. The number of nitrogens with zero attached hydrogens (tertiary/aromatic N) is 26. The quantitative estimate of drug-likeness (QED) is 0.0515. The van der Waals surface area contributed by atoms with E-state index < -0.39 is 5.97 Å². The van der Waals surface area contributed by atoms with Crippen molar-refractivity contribution in [1.82, 2.24) is 108 Å². The number of hydrogen-bond acceptors (Lipinski definition) is 29. The van der Waals surface area contributed by atoms with Crippen LogP contribution in [0.25, 0.3) is 83.7 Å². The number of imidazole rings is 3. The van der Waals surface area contributed by atoms with Crippen molar-refractivity contribution in [2.24, 2.45) is 0 Å². The van der Waals surface area contributed by atoms with E-state index in [1.165, 1.54) is 35.8 Å². The Morgan fingerprint density at radius 3 is 1.12 bits per heavy atom. The summed E-state index contributed by atoms with van der Waals surface area (Å²) >= 11 is 6.05. The zero-order chi connectivity index (χ0) is 75.8. The van der Waals surface area contributed by atoms with Crippen LogP contribution in [0.15, 0.2) is 165 Å². The highest BCUT2D eigenvalue weighted by atomic mass is 35.5. The standard InChI is InChI=1S/C25H25N9O3.C23H21N9O3.C16H13ClN6O2.C9H13N3O/c1-2-37-21(36)15-33-16-27-23-22(33)24(34-19-6-4-3-5-17(19)13-28-34)30-25(29-23)32-11-9-31(10-12-32)20-8-7-18(35)14-26-20;33-16-5-6-18(24-12-16)29-7-9-30(10-8-29)23-27-21-20(31(14-25-21)13-19(34)35)22(28-23)32-17-4-2-1-3-15(17)11-26-32;1-2-25-12(24)8-22-9-18-14-13(22)15(21-16(17)20-14)23-11-6-4-3-5-10(11)7-19-23;13-8-1-2-9(11-7-8)12-5-3-10-4-6-12/h3-8,13-14,16,35H,2,9-12,15H2,1H3;1-6,11-12,14,33H,7-10,13H2,(H,34,35);3-7,9H,2,8H2,1H3;1-2,7,10,13H,3-6H2. The first kappa shape index (κ1) is 71.8. The Kier molecular flexibility index (Phi) is 21.0. The minimum Gasteiger partial charge on any atom is -0.506 e. The Hall–Kier alpha value is -13.8. The van der Waals surface area contributed by atoms with Crippen LogP contribution in [0.2, 0.25) is 5.28 Å². The number of nitrogens with one attached hydrogen (secondary N) is 1. The zero-order valence-corrected chi connectivity index (χ0v) is 60.2. The molecule has 3 fully saturated rings. The largest absolute Gasteiger partial charge is 0.506 e. The average Bonchev–Trinajstić information content (AvgIpc) is 0.910. The van der Waals surface area contributed by atoms with Crippen LogP contribution in [0.3, 0.4) is 0 Å². The molecule has 15 aromatic rings. The molecule has 0 spiro atoms. The number of benzene rings is 3. The highest BCUT2D eigenvalue weighted by Crippen LogP contribution is 2.31. The second-order valence-electron chi connectivity index (χ2n) is 25.3. The smallest absolute Gasteiger partial charge is 0.326 e. The Balaban J connectivity index is 0.000000123. The van der Waals surface area contributed by atoms with Crippen molar-refractivity contribution in [1.29, 1.82) is 0 Å². The van der Waals surface area contributed by atoms with Gasteiger partial charge in [0.05, 0.1) is 85.9 Å². The Morgan fingerprint density at radius 1 is 0.409 bits per heavy atom. The van der Waals surface area contributed by atoms with E-state index in [-0.39, 0.29) is 54.1 Å². The molecule has 0 amide bonds. The fourth-order valence-corrected chi connectivity index (χ4v) is 13.2. The lowest BCUT2D eigenvalue weighted by Gasteiger charge is -2.35. The van der Waals surface area contributed by atoms with Gasteiger partial charge in [-0.1, -0.05) is 54.6 Å². The maximum Gasteiger partial charge on any atom is 0.326 e. The second-order valence-corrected chi connectivity index (χ2v) is 25.6. The lowest BCUT2D eigenvalue weighted by Crippen LogP contribution is -2.47. The third kappa shape index (κ3) is 15.6. The summed E-state index contributed by atoms with van der Waals surface area (Å²) in [6, 6.07) is 33.8. The molecule has 5 N–H and O–H groups in total. The number of ether oxygens (including phenoxy) is 2. The van der Waals surface area contributed by atoms with Gasteiger partial charge < -0.3 is 73.4 Å². The summed E-state index contributed by atoms with van der Waals surface area (Å²) in [5, 5.41) is 57.3. The van der Waals surface area contributed by atoms with E-state index in [0.717, 1.165) is 89.4 Å². The van der Waals surface area contributed by atoms with Gasteiger partial charge in [0.15, 0.2) is 34.4 Å². The number of carbonyl (C=O) groups is 3. The molecule has 36 nitrogen and oxygen atoms in total. The number of fused-ring (bicyclic) bond motifs is 6. The summed E-state index contributed by atoms with van der Waals surface area (Å²) in [6.07, 6.45) is 14.2. The normalized spacial score (nSPS) is 13.8. The van der Waals surface area contributed by atoms with Crippen molar-refractivity contribution in [3.8, 4) is 34.7 Å². The van der Waals surface area contributed by atoms with Crippen molar-refractivity contribution in [2.75, 3.05) is 116 Å². The van der Waals surface area contributed by atoms with Gasteiger partial charge in [-0.15, -0.1) is 0 Å². The van der Waals surface area contributed by atoms with E-state index in [2.05, 4.69) is 90.0 Å². The van der Waals surface area contributed by atoms with Gasteiger partial charge in [-0.05, 0) is 80.0 Å². The highest BCUT2D eigenvalue weighted by Gasteiger charge is 2.28. The number of carboxylic acids is 1. The van der Waals surface area contributed by atoms with E-state index in [9.17, 15) is 29.7 Å². The first-order valence-electron chi connectivity index (χ1n) is 35.3. The summed E-state index contributed by atoms with van der Waals surface area (Å²) < 4.78 is 20.2. The fraction of sp³-hybridized carbons (Fsp3) is 0.260. The van der Waals surface area contributed by atoms with Crippen molar-refractivity contribution in [2.45, 2.75) is 33.5 Å². The van der Waals surface area contributed by atoms with Crippen molar-refractivity contribution >= 4 is 125 Å². The molecule has 0 radical (unpaired) electrons. The van der Waals surface area contributed by atoms with Crippen LogP contribution in [0.4, 0.5) is 29.4 Å². The van der Waals surface area contributed by atoms with Crippen LogP contribution < -0.4 is 29.8 Å². The highest BCUT2D eigenvalue weighted by molar-refractivity contribution is 6.28. The molecule has 0 saturated carbocycles. The van der Waals surface area contributed by atoms with Crippen LogP contribution in [0, 0.1) is 0 Å². The van der Waals surface area contributed by atoms with Gasteiger partial charge in [0.2, 0.25) is 17.2 Å². The number of halogens is 1. The number of hydrogen-bond donors (Lipinski definition) is 5. The fourth-order valence-electron chi connectivity index (χ4n) is 13.0. The summed E-state index contributed by atoms with van der Waals surface area (Å²) in [7, 11) is 0. The Bertz CT molecular complexity index is 5770. The molecule has 15 heterocycles. The van der Waals surface area contributed by atoms with E-state index in [4.69, 9.17) is 41.1 Å². The average molecular weight is 1510 g/mol. The summed E-state index contributed by atoms with van der Waals surface area (Å²) in [6.45, 7) is 13.4. The second kappa shape index (κ2) is 32.1. The third-order valence-electron chi connectivity index (χ3n) is 18.3. The van der Waals surface area contributed by atoms with E-state index in [1.807, 2.05) is 84.9 Å².